The highest BCUT2D eigenvalue weighted by molar-refractivity contribution is 7.89. The molecule has 0 amide bonds. The van der Waals surface area contributed by atoms with Crippen molar-refractivity contribution in [1.29, 1.82) is 0 Å². The minimum absolute atomic E-state index is 0.188. The average molecular weight is 419 g/mol. The third-order valence-corrected chi connectivity index (χ3v) is 6.15. The predicted octanol–water partition coefficient (Wildman–Crippen LogP) is 5.76. The van der Waals surface area contributed by atoms with Gasteiger partial charge in [-0.05, 0) is 38.5 Å². The zero-order chi connectivity index (χ0) is 21.9. The molecule has 0 aliphatic carbocycles. The molecule has 1 aromatic rings. The van der Waals surface area contributed by atoms with Gasteiger partial charge in [0, 0.05) is 28.6 Å². The van der Waals surface area contributed by atoms with Crippen LogP contribution in [0.2, 0.25) is 0 Å². The van der Waals surface area contributed by atoms with E-state index < -0.39 is 28.7 Å². The van der Waals surface area contributed by atoms with Gasteiger partial charge in [0.1, 0.15) is 29.0 Å². The smallest absolute Gasteiger partial charge is 0.342 e. The van der Waals surface area contributed by atoms with E-state index in [-0.39, 0.29) is 16.6 Å². The van der Waals surface area contributed by atoms with E-state index in [2.05, 4.69) is 19.7 Å². The van der Waals surface area contributed by atoms with Crippen LogP contribution in [0, 0.1) is 5.92 Å². The fourth-order valence-electron chi connectivity index (χ4n) is 3.20. The van der Waals surface area contributed by atoms with E-state index >= 15 is 0 Å². The van der Waals surface area contributed by atoms with Crippen molar-refractivity contribution in [2.24, 2.45) is 5.92 Å². The summed E-state index contributed by atoms with van der Waals surface area (Å²) in [6, 6.07) is 0. The Hall–Kier alpha value is -2.47. The van der Waals surface area contributed by atoms with Gasteiger partial charge in [0.05, 0.1) is 10.8 Å². The van der Waals surface area contributed by atoms with E-state index in [1.54, 1.807) is 0 Å². The molecule has 2 rings (SSSR count). The molecule has 2 heterocycles. The van der Waals surface area contributed by atoms with Crippen LogP contribution in [0.1, 0.15) is 55.1 Å². The van der Waals surface area contributed by atoms with Crippen LogP contribution in [0.15, 0.2) is 52.6 Å². The van der Waals surface area contributed by atoms with Crippen molar-refractivity contribution in [2.75, 3.05) is 5.75 Å². The summed E-state index contributed by atoms with van der Waals surface area (Å²) in [7, 11) is -1.50. The second-order valence-corrected chi connectivity index (χ2v) is 8.97. The number of hydrogen-bond acceptors (Lipinski definition) is 4. The van der Waals surface area contributed by atoms with Crippen LogP contribution in [0.3, 0.4) is 0 Å². The molecule has 0 saturated heterocycles. The van der Waals surface area contributed by atoms with E-state index in [9.17, 15) is 13.4 Å². The monoisotopic (exact) mass is 418 g/mol. The minimum Gasteiger partial charge on any atom is -0.460 e. The van der Waals surface area contributed by atoms with Crippen molar-refractivity contribution in [3.63, 3.8) is 0 Å². The fourth-order valence-corrected chi connectivity index (χ4v) is 4.53. The number of halogens is 1. The molecule has 156 valence electrons. The number of esters is 1. The zero-order valence-electron chi connectivity index (χ0n) is 17.3. The fraction of sp³-hybridized carbons (Fsp3) is 0.348. The topological polar surface area (TPSA) is 56.5 Å². The highest BCUT2D eigenvalue weighted by Crippen LogP contribution is 2.36. The SMILES string of the molecule is C=C/C(=C\C(=C)F)S(=O)CC(C)C1Cc2oc(C=C(C)C)c(C(=C)C)c2C(=O)O1. The first-order valence-electron chi connectivity index (χ1n) is 9.29. The van der Waals surface area contributed by atoms with Crippen molar-refractivity contribution in [3.8, 4) is 0 Å². The average Bonchev–Trinajstić information content (AvgIpc) is 2.97. The second-order valence-electron chi connectivity index (χ2n) is 7.48. The summed E-state index contributed by atoms with van der Waals surface area (Å²) in [5.41, 5.74) is 2.83. The molecule has 0 radical (unpaired) electrons. The quantitative estimate of drug-likeness (QED) is 0.398. The molecule has 0 saturated carbocycles. The number of allylic oxidation sites excluding steroid dienone is 5. The van der Waals surface area contributed by atoms with Crippen LogP contribution < -0.4 is 0 Å². The molecule has 6 heteroatoms. The standard InChI is InChI=1S/C23H27FO4S/c1-8-17(10-16(7)24)29(26)12-15(6)18-11-20-22(23(25)28-18)21(14(4)5)19(27-20)9-13(2)3/h8-10,15,18H,1,4,7,11-12H2,2-3,5-6H3/b17-10+. The number of fused-ring (bicyclic) bond motifs is 1. The zero-order valence-corrected chi connectivity index (χ0v) is 18.2. The Kier molecular flexibility index (Phi) is 7.36. The Labute approximate surface area is 174 Å². The van der Waals surface area contributed by atoms with Crippen molar-refractivity contribution in [2.45, 2.75) is 40.2 Å². The number of ether oxygens (including phenoxy) is 1. The first kappa shape index (κ1) is 22.8. The van der Waals surface area contributed by atoms with Gasteiger partial charge in [-0.25, -0.2) is 9.18 Å². The number of rotatable bonds is 8. The Morgan fingerprint density at radius 2 is 2.00 bits per heavy atom. The van der Waals surface area contributed by atoms with Gasteiger partial charge in [-0.1, -0.05) is 38.3 Å². The van der Waals surface area contributed by atoms with Gasteiger partial charge < -0.3 is 9.15 Å². The molecule has 0 N–H and O–H groups in total. The predicted molar refractivity (Wildman–Crippen MR) is 116 cm³/mol. The van der Waals surface area contributed by atoms with Crippen LogP contribution in [-0.4, -0.2) is 22.0 Å². The highest BCUT2D eigenvalue weighted by atomic mass is 32.2. The molecule has 0 aromatic carbocycles. The molecule has 1 aromatic heterocycles. The highest BCUT2D eigenvalue weighted by Gasteiger charge is 2.37. The van der Waals surface area contributed by atoms with Crippen molar-refractivity contribution >= 4 is 28.4 Å². The van der Waals surface area contributed by atoms with Gasteiger partial charge in [0.15, 0.2) is 0 Å². The Morgan fingerprint density at radius 1 is 1.34 bits per heavy atom. The lowest BCUT2D eigenvalue weighted by Crippen LogP contribution is -2.35. The molecule has 0 spiro atoms. The Balaban J connectivity index is 2.29. The second kappa shape index (κ2) is 9.35. The van der Waals surface area contributed by atoms with Gasteiger partial charge >= 0.3 is 5.97 Å². The van der Waals surface area contributed by atoms with Crippen LogP contribution in [0.5, 0.6) is 0 Å². The first-order valence-corrected chi connectivity index (χ1v) is 10.6. The molecular formula is C23H27FO4S. The van der Waals surface area contributed by atoms with Gasteiger partial charge in [-0.15, -0.1) is 0 Å². The third kappa shape index (κ3) is 5.32. The van der Waals surface area contributed by atoms with E-state index in [4.69, 9.17) is 9.15 Å². The molecule has 29 heavy (non-hydrogen) atoms. The lowest BCUT2D eigenvalue weighted by Gasteiger charge is -2.27. The molecule has 0 bridgehead atoms. The Morgan fingerprint density at radius 3 is 2.52 bits per heavy atom. The van der Waals surface area contributed by atoms with Crippen LogP contribution in [-0.2, 0) is 22.0 Å². The summed E-state index contributed by atoms with van der Waals surface area (Å²) in [6.45, 7) is 18.2. The number of carbonyl (C=O) groups is 1. The number of hydrogen-bond donors (Lipinski definition) is 0. The van der Waals surface area contributed by atoms with Crippen molar-refractivity contribution in [1.82, 2.24) is 0 Å². The maximum atomic E-state index is 13.1. The molecule has 4 nitrogen and oxygen atoms in total. The molecular weight excluding hydrogens is 391 g/mol. The van der Waals surface area contributed by atoms with Gasteiger partial charge in [0.25, 0.3) is 0 Å². The summed E-state index contributed by atoms with van der Waals surface area (Å²) >= 11 is 0. The van der Waals surface area contributed by atoms with E-state index in [0.717, 1.165) is 17.2 Å². The molecule has 3 atom stereocenters. The maximum Gasteiger partial charge on any atom is 0.342 e. The summed E-state index contributed by atoms with van der Waals surface area (Å²) in [4.78, 5) is 13.0. The summed E-state index contributed by atoms with van der Waals surface area (Å²) in [5.74, 6) is -0.0760. The van der Waals surface area contributed by atoms with E-state index in [0.29, 0.717) is 29.1 Å². The van der Waals surface area contributed by atoms with Gasteiger partial charge in [-0.2, -0.15) is 0 Å². The van der Waals surface area contributed by atoms with Crippen LogP contribution in [0.4, 0.5) is 4.39 Å². The summed E-state index contributed by atoms with van der Waals surface area (Å²) in [5, 5.41) is 0. The molecule has 0 fully saturated rings. The van der Waals surface area contributed by atoms with E-state index in [1.165, 1.54) is 6.08 Å². The van der Waals surface area contributed by atoms with E-state index in [1.807, 2.05) is 33.8 Å². The summed E-state index contributed by atoms with van der Waals surface area (Å²) in [6.07, 6.45) is 4.18. The largest absolute Gasteiger partial charge is 0.460 e. The maximum absolute atomic E-state index is 13.1. The normalized spacial score (nSPS) is 18.3. The third-order valence-electron chi connectivity index (χ3n) is 4.52. The first-order chi connectivity index (χ1) is 13.5. The Bertz CT molecular complexity index is 944. The number of cyclic esters (lactones) is 1. The van der Waals surface area contributed by atoms with Crippen LogP contribution >= 0.6 is 0 Å². The number of furan rings is 1. The lowest BCUT2D eigenvalue weighted by atomic mass is 9.94. The molecule has 1 aliphatic rings. The van der Waals surface area contributed by atoms with Crippen molar-refractivity contribution < 1.29 is 22.5 Å². The van der Waals surface area contributed by atoms with Crippen LogP contribution in [0.25, 0.3) is 11.6 Å². The minimum atomic E-state index is -1.50. The van der Waals surface area contributed by atoms with Gasteiger partial charge in [-0.3, -0.25) is 4.21 Å². The lowest BCUT2D eigenvalue weighted by molar-refractivity contribution is 0.0118. The van der Waals surface area contributed by atoms with Crippen molar-refractivity contribution in [3.05, 3.63) is 70.8 Å². The molecule has 3 unspecified atom stereocenters. The summed E-state index contributed by atoms with van der Waals surface area (Å²) < 4.78 is 37.2. The molecule has 1 aliphatic heterocycles. The number of carbonyl (C=O) groups excluding carboxylic acids is 1. The van der Waals surface area contributed by atoms with Gasteiger partial charge in [0.2, 0.25) is 0 Å².